The Balaban J connectivity index is 2.25. The van der Waals surface area contributed by atoms with E-state index in [-0.39, 0.29) is 12.3 Å². The third-order valence-electron chi connectivity index (χ3n) is 2.22. The summed E-state index contributed by atoms with van der Waals surface area (Å²) in [6.07, 6.45) is 0. The number of rotatable bonds is 3. The summed E-state index contributed by atoms with van der Waals surface area (Å²) in [4.78, 5) is 11.9. The Morgan fingerprint density at radius 2 is 1.94 bits per heavy atom. The molecule has 0 amide bonds. The highest BCUT2D eigenvalue weighted by molar-refractivity contribution is 7.71. The minimum atomic E-state index is -0.0449. The number of hydrogen-bond acceptors (Lipinski definition) is 3. The van der Waals surface area contributed by atoms with Gasteiger partial charge in [-0.1, -0.05) is 54.2 Å². The van der Waals surface area contributed by atoms with E-state index in [0.717, 1.165) is 0 Å². The van der Waals surface area contributed by atoms with Crippen LogP contribution in [-0.2, 0) is 6.54 Å². The molecule has 17 heavy (non-hydrogen) atoms. The first-order valence-corrected chi connectivity index (χ1v) is 5.77. The molecular formula is C12H9ClN2OS. The Morgan fingerprint density at radius 3 is 2.65 bits per heavy atom. The molecule has 0 N–H and O–H groups in total. The van der Waals surface area contributed by atoms with Gasteiger partial charge in [-0.15, -0.1) is 0 Å². The summed E-state index contributed by atoms with van der Waals surface area (Å²) < 4.78 is 1.91. The number of nitrogens with zero attached hydrogens (tertiary/aromatic N) is 2. The average molecular weight is 265 g/mol. The molecule has 3 nitrogen and oxygen atoms in total. The maximum Gasteiger partial charge on any atom is 0.184 e. The normalized spacial score (nSPS) is 10.2. The van der Waals surface area contributed by atoms with Crippen molar-refractivity contribution in [2.24, 2.45) is 0 Å². The first kappa shape index (κ1) is 12.0. The highest BCUT2D eigenvalue weighted by Gasteiger charge is 2.07. The number of ketones is 1. The van der Waals surface area contributed by atoms with Crippen LogP contribution in [0.1, 0.15) is 10.4 Å². The van der Waals surface area contributed by atoms with Crippen LogP contribution in [0.15, 0.2) is 42.5 Å². The molecule has 1 heterocycles. The van der Waals surface area contributed by atoms with Crippen LogP contribution in [0.2, 0.25) is 5.15 Å². The van der Waals surface area contributed by atoms with Gasteiger partial charge in [-0.3, -0.25) is 4.79 Å². The molecule has 86 valence electrons. The van der Waals surface area contributed by atoms with Gasteiger partial charge in [-0.05, 0) is 12.1 Å². The highest BCUT2D eigenvalue weighted by Crippen LogP contribution is 2.05. The van der Waals surface area contributed by atoms with E-state index < -0.39 is 0 Å². The fraction of sp³-hybridized carbons (Fsp3) is 0.0833. The summed E-state index contributed by atoms with van der Waals surface area (Å²) in [7, 11) is 0. The lowest BCUT2D eigenvalue weighted by Gasteiger charge is -2.05. The fourth-order valence-corrected chi connectivity index (χ4v) is 1.72. The molecule has 0 atom stereocenters. The van der Waals surface area contributed by atoms with Crippen LogP contribution in [-0.4, -0.2) is 15.6 Å². The van der Waals surface area contributed by atoms with E-state index in [1.165, 1.54) is 4.68 Å². The summed E-state index contributed by atoms with van der Waals surface area (Å²) in [6, 6.07) is 12.3. The zero-order chi connectivity index (χ0) is 12.3. The van der Waals surface area contributed by atoms with Crippen molar-refractivity contribution in [1.82, 2.24) is 9.78 Å². The lowest BCUT2D eigenvalue weighted by molar-refractivity contribution is 0.0966. The van der Waals surface area contributed by atoms with E-state index in [1.807, 2.05) is 18.2 Å². The minimum Gasteiger partial charge on any atom is -0.292 e. The summed E-state index contributed by atoms with van der Waals surface area (Å²) in [5.74, 6) is -0.0449. The van der Waals surface area contributed by atoms with Gasteiger partial charge in [0.2, 0.25) is 0 Å². The minimum absolute atomic E-state index is 0.0449. The smallest absolute Gasteiger partial charge is 0.184 e. The van der Waals surface area contributed by atoms with Gasteiger partial charge in [0.05, 0.1) is 0 Å². The third-order valence-corrected chi connectivity index (χ3v) is 2.77. The van der Waals surface area contributed by atoms with Crippen LogP contribution >= 0.6 is 23.8 Å². The molecule has 0 spiro atoms. The molecule has 2 rings (SSSR count). The molecule has 1 aromatic carbocycles. The van der Waals surface area contributed by atoms with Crippen molar-refractivity contribution in [3.63, 3.8) is 0 Å². The maximum absolute atomic E-state index is 11.9. The largest absolute Gasteiger partial charge is 0.292 e. The van der Waals surface area contributed by atoms with Crippen LogP contribution in [0.5, 0.6) is 0 Å². The second kappa shape index (κ2) is 5.21. The van der Waals surface area contributed by atoms with E-state index in [0.29, 0.717) is 15.4 Å². The number of carbonyl (C=O) groups excluding carboxylic acids is 1. The van der Waals surface area contributed by atoms with Crippen molar-refractivity contribution < 1.29 is 4.79 Å². The molecule has 0 aliphatic carbocycles. The number of halogens is 1. The van der Waals surface area contributed by atoms with Gasteiger partial charge in [0.1, 0.15) is 16.3 Å². The first-order chi connectivity index (χ1) is 8.16. The Morgan fingerprint density at radius 1 is 1.24 bits per heavy atom. The van der Waals surface area contributed by atoms with Crippen molar-refractivity contribution in [2.75, 3.05) is 0 Å². The van der Waals surface area contributed by atoms with E-state index >= 15 is 0 Å². The molecule has 0 saturated heterocycles. The number of aromatic nitrogens is 2. The zero-order valence-electron chi connectivity index (χ0n) is 8.84. The van der Waals surface area contributed by atoms with E-state index in [4.69, 9.17) is 23.8 Å². The molecule has 0 unspecified atom stereocenters. The number of benzene rings is 1. The van der Waals surface area contributed by atoms with E-state index in [9.17, 15) is 4.79 Å². The van der Waals surface area contributed by atoms with Crippen molar-refractivity contribution >= 4 is 29.6 Å². The van der Waals surface area contributed by atoms with Crippen molar-refractivity contribution in [3.8, 4) is 0 Å². The second-order valence-electron chi connectivity index (χ2n) is 3.44. The molecule has 0 bridgehead atoms. The summed E-state index contributed by atoms with van der Waals surface area (Å²) >= 11 is 10.8. The van der Waals surface area contributed by atoms with Gasteiger partial charge in [-0.2, -0.15) is 5.10 Å². The van der Waals surface area contributed by atoms with Crippen molar-refractivity contribution in [2.45, 2.75) is 6.54 Å². The van der Waals surface area contributed by atoms with Crippen LogP contribution in [0, 0.1) is 4.64 Å². The van der Waals surface area contributed by atoms with Gasteiger partial charge in [0.25, 0.3) is 0 Å². The number of carbonyl (C=O) groups is 1. The lowest BCUT2D eigenvalue weighted by atomic mass is 10.1. The molecule has 1 aromatic heterocycles. The Labute approximate surface area is 109 Å². The predicted octanol–water partition coefficient (Wildman–Crippen LogP) is 3.15. The standard InChI is InChI=1S/C12H9ClN2OS/c13-11-6-7-12(17)15(14-11)8-10(16)9-4-2-1-3-5-9/h1-7H,8H2. The molecule has 2 aromatic rings. The summed E-state index contributed by atoms with van der Waals surface area (Å²) in [5.41, 5.74) is 0.635. The molecule has 0 saturated carbocycles. The van der Waals surface area contributed by atoms with Gasteiger partial charge in [-0.25, -0.2) is 4.68 Å². The first-order valence-electron chi connectivity index (χ1n) is 4.99. The molecule has 0 aliphatic rings. The van der Waals surface area contributed by atoms with Gasteiger partial charge in [0, 0.05) is 5.56 Å². The lowest BCUT2D eigenvalue weighted by Crippen LogP contribution is -2.14. The van der Waals surface area contributed by atoms with Crippen molar-refractivity contribution in [1.29, 1.82) is 0 Å². The number of hydrogen-bond donors (Lipinski definition) is 0. The van der Waals surface area contributed by atoms with Crippen molar-refractivity contribution in [3.05, 3.63) is 57.8 Å². The maximum atomic E-state index is 11.9. The highest BCUT2D eigenvalue weighted by atomic mass is 35.5. The summed E-state index contributed by atoms with van der Waals surface area (Å²) in [6.45, 7) is 0.101. The third kappa shape index (κ3) is 2.99. The Bertz CT molecular complexity index is 595. The van der Waals surface area contributed by atoms with Crippen LogP contribution in [0.25, 0.3) is 0 Å². The fourth-order valence-electron chi connectivity index (χ4n) is 1.39. The van der Waals surface area contributed by atoms with Crippen LogP contribution < -0.4 is 0 Å². The SMILES string of the molecule is O=C(Cn1nc(Cl)ccc1=S)c1ccccc1. The molecule has 0 fully saturated rings. The van der Waals surface area contributed by atoms with Gasteiger partial charge >= 0.3 is 0 Å². The monoisotopic (exact) mass is 264 g/mol. The van der Waals surface area contributed by atoms with E-state index in [1.54, 1.807) is 24.3 Å². The molecular weight excluding hydrogens is 256 g/mol. The quantitative estimate of drug-likeness (QED) is 0.631. The zero-order valence-corrected chi connectivity index (χ0v) is 10.4. The molecule has 0 aliphatic heterocycles. The Hall–Kier alpha value is -1.52. The topological polar surface area (TPSA) is 34.9 Å². The predicted molar refractivity (Wildman–Crippen MR) is 68.8 cm³/mol. The van der Waals surface area contributed by atoms with E-state index in [2.05, 4.69) is 5.10 Å². The summed E-state index contributed by atoms with van der Waals surface area (Å²) in [5, 5.41) is 4.31. The van der Waals surface area contributed by atoms with Gasteiger partial charge < -0.3 is 0 Å². The number of Topliss-reactive ketones (excluding diaryl/α,β-unsaturated/α-hetero) is 1. The Kier molecular flexibility index (Phi) is 3.66. The van der Waals surface area contributed by atoms with Crippen LogP contribution in [0.3, 0.4) is 0 Å². The molecule has 0 radical (unpaired) electrons. The second-order valence-corrected chi connectivity index (χ2v) is 4.25. The molecule has 5 heteroatoms. The van der Waals surface area contributed by atoms with Gasteiger partial charge in [0.15, 0.2) is 5.78 Å². The van der Waals surface area contributed by atoms with Crippen LogP contribution in [0.4, 0.5) is 0 Å². The average Bonchev–Trinajstić information content (AvgIpc) is 2.35.